The molecule has 3 rings (SSSR count). The Morgan fingerprint density at radius 1 is 1.21 bits per heavy atom. The molecule has 0 saturated carbocycles. The second-order valence-corrected chi connectivity index (χ2v) is 10.7. The van der Waals surface area contributed by atoms with E-state index in [1.807, 2.05) is 17.9 Å². The van der Waals surface area contributed by atoms with Crippen molar-refractivity contribution in [2.75, 3.05) is 39.3 Å². The van der Waals surface area contributed by atoms with Gasteiger partial charge in [-0.15, -0.1) is 11.3 Å². The van der Waals surface area contributed by atoms with E-state index in [9.17, 15) is 17.6 Å². The fourth-order valence-corrected chi connectivity index (χ4v) is 6.27. The number of rotatable bonds is 7. The first-order chi connectivity index (χ1) is 13.8. The molecule has 0 spiro atoms. The van der Waals surface area contributed by atoms with Gasteiger partial charge in [0.05, 0.1) is 10.9 Å². The van der Waals surface area contributed by atoms with Crippen molar-refractivity contribution in [2.24, 2.45) is 0 Å². The number of thiophene rings is 1. The highest BCUT2D eigenvalue weighted by Crippen LogP contribution is 2.28. The maximum atomic E-state index is 13.4. The number of sulfonamides is 1. The Bertz CT molecular complexity index is 959. The zero-order valence-electron chi connectivity index (χ0n) is 16.1. The quantitative estimate of drug-likeness (QED) is 0.638. The zero-order valence-corrected chi connectivity index (χ0v) is 18.4. The normalized spacial score (nSPS) is 15.8. The van der Waals surface area contributed by atoms with E-state index in [1.54, 1.807) is 17.0 Å². The van der Waals surface area contributed by atoms with Crippen LogP contribution >= 0.6 is 22.9 Å². The number of nitrogens with zero attached hydrogens (tertiary/aromatic N) is 3. The Balaban J connectivity index is 1.55. The van der Waals surface area contributed by atoms with Crippen LogP contribution < -0.4 is 0 Å². The average Bonchev–Trinajstić information content (AvgIpc) is 3.15. The van der Waals surface area contributed by atoms with Gasteiger partial charge in [-0.2, -0.15) is 4.31 Å². The van der Waals surface area contributed by atoms with Gasteiger partial charge < -0.3 is 4.90 Å². The maximum Gasteiger partial charge on any atom is 0.252 e. The van der Waals surface area contributed by atoms with Crippen molar-refractivity contribution in [1.82, 2.24) is 14.1 Å². The van der Waals surface area contributed by atoms with Crippen LogP contribution in [0.2, 0.25) is 4.34 Å². The van der Waals surface area contributed by atoms with Crippen molar-refractivity contribution in [3.05, 3.63) is 52.1 Å². The summed E-state index contributed by atoms with van der Waals surface area (Å²) < 4.78 is 40.7. The van der Waals surface area contributed by atoms with Gasteiger partial charge in [0.25, 0.3) is 10.0 Å². The molecule has 0 atom stereocenters. The molecule has 1 aliphatic heterocycles. The lowest BCUT2D eigenvalue weighted by atomic mass is 10.2. The first-order valence-corrected chi connectivity index (χ1v) is 11.9. The molecular weight excluding hydrogens is 437 g/mol. The Morgan fingerprint density at radius 3 is 2.52 bits per heavy atom. The van der Waals surface area contributed by atoms with Crippen LogP contribution in [0.1, 0.15) is 12.5 Å². The van der Waals surface area contributed by atoms with Gasteiger partial charge in [0, 0.05) is 32.7 Å². The van der Waals surface area contributed by atoms with Gasteiger partial charge in [-0.1, -0.05) is 30.7 Å². The number of hydrogen-bond acceptors (Lipinski definition) is 5. The molecule has 0 radical (unpaired) electrons. The predicted molar refractivity (Wildman–Crippen MR) is 112 cm³/mol. The number of hydrogen-bond donors (Lipinski definition) is 0. The SMILES string of the molecule is CCN(CC(=O)N1CCN(S(=O)(=O)c2ccc(Cl)s2)CC1)Cc1cccc(F)c1. The third-order valence-electron chi connectivity index (χ3n) is 4.84. The third-order valence-corrected chi connectivity index (χ3v) is 8.43. The van der Waals surface area contributed by atoms with Gasteiger partial charge in [0.2, 0.25) is 5.91 Å². The lowest BCUT2D eigenvalue weighted by Crippen LogP contribution is -2.52. The fraction of sp³-hybridized carbons (Fsp3) is 0.421. The average molecular weight is 460 g/mol. The minimum Gasteiger partial charge on any atom is -0.339 e. The van der Waals surface area contributed by atoms with Crippen molar-refractivity contribution in [3.63, 3.8) is 0 Å². The minimum atomic E-state index is -3.58. The lowest BCUT2D eigenvalue weighted by molar-refractivity contribution is -0.133. The number of halogens is 2. The summed E-state index contributed by atoms with van der Waals surface area (Å²) in [5.74, 6) is -0.353. The maximum absolute atomic E-state index is 13.4. The molecule has 1 amide bonds. The van der Waals surface area contributed by atoms with E-state index in [-0.39, 0.29) is 35.6 Å². The second-order valence-electron chi connectivity index (χ2n) is 6.78. The lowest BCUT2D eigenvalue weighted by Gasteiger charge is -2.34. The summed E-state index contributed by atoms with van der Waals surface area (Å²) in [5, 5.41) is 0. The summed E-state index contributed by atoms with van der Waals surface area (Å²) in [4.78, 5) is 16.3. The highest BCUT2D eigenvalue weighted by atomic mass is 35.5. The van der Waals surface area contributed by atoms with E-state index < -0.39 is 10.0 Å². The van der Waals surface area contributed by atoms with Crippen LogP contribution in [0.5, 0.6) is 0 Å². The van der Waals surface area contributed by atoms with Gasteiger partial charge in [-0.25, -0.2) is 12.8 Å². The van der Waals surface area contributed by atoms with E-state index in [1.165, 1.54) is 22.5 Å². The molecule has 0 unspecified atom stereocenters. The van der Waals surface area contributed by atoms with Gasteiger partial charge >= 0.3 is 0 Å². The minimum absolute atomic E-state index is 0.0560. The summed E-state index contributed by atoms with van der Waals surface area (Å²) in [5.41, 5.74) is 0.810. The van der Waals surface area contributed by atoms with Crippen molar-refractivity contribution in [1.29, 1.82) is 0 Å². The van der Waals surface area contributed by atoms with Crippen molar-refractivity contribution < 1.29 is 17.6 Å². The summed E-state index contributed by atoms with van der Waals surface area (Å²) in [7, 11) is -3.58. The summed E-state index contributed by atoms with van der Waals surface area (Å²) in [6, 6.07) is 9.41. The largest absolute Gasteiger partial charge is 0.339 e. The standard InChI is InChI=1S/C19H23ClFN3O3S2/c1-2-22(13-15-4-3-5-16(21)12-15)14-18(25)23-8-10-24(11-9-23)29(26,27)19-7-6-17(20)28-19/h3-7,12H,2,8-11,13-14H2,1H3. The summed E-state index contributed by atoms with van der Waals surface area (Å²) >= 11 is 6.89. The first-order valence-electron chi connectivity index (χ1n) is 9.29. The number of piperazine rings is 1. The monoisotopic (exact) mass is 459 g/mol. The smallest absolute Gasteiger partial charge is 0.252 e. The van der Waals surface area contributed by atoms with Gasteiger partial charge in [-0.3, -0.25) is 9.69 Å². The molecule has 6 nitrogen and oxygen atoms in total. The molecular formula is C19H23ClFN3O3S2. The molecule has 0 N–H and O–H groups in total. The zero-order chi connectivity index (χ0) is 21.0. The molecule has 29 heavy (non-hydrogen) atoms. The van der Waals surface area contributed by atoms with Crippen LogP contribution in [0.3, 0.4) is 0 Å². The van der Waals surface area contributed by atoms with E-state index in [0.29, 0.717) is 30.5 Å². The highest BCUT2D eigenvalue weighted by molar-refractivity contribution is 7.91. The van der Waals surface area contributed by atoms with E-state index in [4.69, 9.17) is 11.6 Å². The van der Waals surface area contributed by atoms with Crippen LogP contribution in [0, 0.1) is 5.82 Å². The molecule has 158 valence electrons. The fourth-order valence-electron chi connectivity index (χ4n) is 3.21. The Morgan fingerprint density at radius 2 is 1.93 bits per heavy atom. The molecule has 1 fully saturated rings. The van der Waals surface area contributed by atoms with E-state index >= 15 is 0 Å². The predicted octanol–water partition coefficient (Wildman–Crippen LogP) is 2.90. The molecule has 2 aromatic rings. The van der Waals surface area contributed by atoms with E-state index in [0.717, 1.165) is 16.9 Å². The highest BCUT2D eigenvalue weighted by Gasteiger charge is 2.31. The Hall–Kier alpha value is -1.52. The number of amides is 1. The van der Waals surface area contributed by atoms with Crippen LogP contribution in [0.25, 0.3) is 0 Å². The summed E-state index contributed by atoms with van der Waals surface area (Å²) in [6.07, 6.45) is 0. The number of carbonyl (C=O) groups excluding carboxylic acids is 1. The first kappa shape index (κ1) is 22.2. The van der Waals surface area contributed by atoms with Crippen molar-refractivity contribution >= 4 is 38.9 Å². The molecule has 1 saturated heterocycles. The third kappa shape index (κ3) is 5.55. The second kappa shape index (κ2) is 9.53. The topological polar surface area (TPSA) is 60.9 Å². The molecule has 1 aromatic heterocycles. The van der Waals surface area contributed by atoms with Gasteiger partial charge in [-0.05, 0) is 36.4 Å². The van der Waals surface area contributed by atoms with Gasteiger partial charge in [0.15, 0.2) is 0 Å². The van der Waals surface area contributed by atoms with Crippen LogP contribution in [-0.2, 0) is 21.4 Å². The molecule has 1 aliphatic rings. The molecule has 1 aromatic carbocycles. The van der Waals surface area contributed by atoms with Crippen LogP contribution in [0.4, 0.5) is 4.39 Å². The van der Waals surface area contributed by atoms with E-state index in [2.05, 4.69) is 0 Å². The number of benzene rings is 1. The van der Waals surface area contributed by atoms with Gasteiger partial charge in [0.1, 0.15) is 10.0 Å². The van der Waals surface area contributed by atoms with Crippen molar-refractivity contribution in [2.45, 2.75) is 17.7 Å². The number of likely N-dealkylation sites (N-methyl/N-ethyl adjacent to an activating group) is 1. The summed E-state index contributed by atoms with van der Waals surface area (Å²) in [6.45, 7) is 4.47. The van der Waals surface area contributed by atoms with Crippen molar-refractivity contribution in [3.8, 4) is 0 Å². The molecule has 0 bridgehead atoms. The Labute approximate surface area is 179 Å². The van der Waals surface area contributed by atoms with Crippen LogP contribution in [-0.4, -0.2) is 67.7 Å². The molecule has 10 heteroatoms. The number of carbonyl (C=O) groups is 1. The Kier molecular flexibility index (Phi) is 7.28. The van der Waals surface area contributed by atoms with Crippen LogP contribution in [0.15, 0.2) is 40.6 Å². The molecule has 0 aliphatic carbocycles. The molecule has 2 heterocycles.